The summed E-state index contributed by atoms with van der Waals surface area (Å²) in [6.07, 6.45) is 3.80. The number of hydrogen-bond donors (Lipinski definition) is 0. The summed E-state index contributed by atoms with van der Waals surface area (Å²) in [6, 6.07) is 11.7. The Kier molecular flexibility index (Phi) is 5.92. The molecule has 4 heteroatoms. The zero-order valence-electron chi connectivity index (χ0n) is 13.3. The maximum absolute atomic E-state index is 12.7. The molecule has 2 aromatic carbocycles. The van der Waals surface area contributed by atoms with Gasteiger partial charge in [0.25, 0.3) is 0 Å². The van der Waals surface area contributed by atoms with Crippen molar-refractivity contribution in [1.82, 2.24) is 0 Å². The quantitative estimate of drug-likeness (QED) is 0.552. The third kappa shape index (κ3) is 4.19. The van der Waals surface area contributed by atoms with Gasteiger partial charge >= 0.3 is 0 Å². The fraction of sp³-hybridized carbons (Fsp3) is 0.263. The second-order valence-electron chi connectivity index (χ2n) is 5.07. The van der Waals surface area contributed by atoms with E-state index >= 15 is 0 Å². The lowest BCUT2D eigenvalue weighted by molar-refractivity contribution is 0.103. The van der Waals surface area contributed by atoms with Gasteiger partial charge in [0.1, 0.15) is 11.5 Å². The topological polar surface area (TPSA) is 52.6 Å². The smallest absolute Gasteiger partial charge is 0.234 e. The summed E-state index contributed by atoms with van der Waals surface area (Å²) in [5.74, 6) is 0.898. The Bertz CT molecular complexity index is 692. The Morgan fingerprint density at radius 1 is 1.13 bits per heavy atom. The van der Waals surface area contributed by atoms with Gasteiger partial charge in [-0.2, -0.15) is 0 Å². The van der Waals surface area contributed by atoms with Crippen molar-refractivity contribution in [2.24, 2.45) is 0 Å². The molecule has 1 radical (unpaired) electrons. The van der Waals surface area contributed by atoms with Crippen molar-refractivity contribution < 1.29 is 19.1 Å². The van der Waals surface area contributed by atoms with Crippen molar-refractivity contribution >= 4 is 12.1 Å². The van der Waals surface area contributed by atoms with Gasteiger partial charge in [-0.1, -0.05) is 25.5 Å². The molecule has 0 aromatic heterocycles. The van der Waals surface area contributed by atoms with E-state index in [1.54, 1.807) is 36.6 Å². The molecule has 0 spiro atoms. The molecule has 0 atom stereocenters. The van der Waals surface area contributed by atoms with Crippen molar-refractivity contribution in [3.8, 4) is 11.5 Å². The van der Waals surface area contributed by atoms with Crippen LogP contribution in [0.4, 0.5) is 0 Å². The molecular weight excluding hydrogens is 292 g/mol. The highest BCUT2D eigenvalue weighted by Gasteiger charge is 2.15. The highest BCUT2D eigenvalue weighted by molar-refractivity contribution is 6.13. The molecule has 0 saturated heterocycles. The number of benzene rings is 2. The third-order valence-corrected chi connectivity index (χ3v) is 3.44. The fourth-order valence-corrected chi connectivity index (χ4v) is 2.14. The summed E-state index contributed by atoms with van der Waals surface area (Å²) in [5, 5.41) is 0. The maximum Gasteiger partial charge on any atom is 0.234 e. The molecule has 0 amide bonds. The largest absolute Gasteiger partial charge is 0.497 e. The normalized spacial score (nSPS) is 10.2. The maximum atomic E-state index is 12.7. The minimum absolute atomic E-state index is 0.216. The summed E-state index contributed by atoms with van der Waals surface area (Å²) in [6.45, 7) is 2.70. The molecule has 23 heavy (non-hydrogen) atoms. The third-order valence-electron chi connectivity index (χ3n) is 3.44. The van der Waals surface area contributed by atoms with Crippen molar-refractivity contribution in [3.63, 3.8) is 0 Å². The fourth-order valence-electron chi connectivity index (χ4n) is 2.14. The van der Waals surface area contributed by atoms with Gasteiger partial charge in [-0.05, 0) is 36.8 Å². The summed E-state index contributed by atoms with van der Waals surface area (Å²) in [7, 11) is 1.51. The molecule has 2 rings (SSSR count). The van der Waals surface area contributed by atoms with Crippen molar-refractivity contribution in [3.05, 3.63) is 59.2 Å². The van der Waals surface area contributed by atoms with Crippen molar-refractivity contribution in [2.75, 3.05) is 13.7 Å². The lowest BCUT2D eigenvalue weighted by Gasteiger charge is -2.09. The van der Waals surface area contributed by atoms with E-state index in [0.717, 1.165) is 12.8 Å². The molecule has 0 aliphatic heterocycles. The van der Waals surface area contributed by atoms with Gasteiger partial charge in [0.2, 0.25) is 6.29 Å². The molecule has 4 nitrogen and oxygen atoms in total. The van der Waals surface area contributed by atoms with Crippen LogP contribution >= 0.6 is 0 Å². The highest BCUT2D eigenvalue weighted by atomic mass is 16.5. The summed E-state index contributed by atoms with van der Waals surface area (Å²) >= 11 is 0. The Balaban J connectivity index is 2.29. The Morgan fingerprint density at radius 3 is 2.65 bits per heavy atom. The Labute approximate surface area is 136 Å². The van der Waals surface area contributed by atoms with E-state index in [0.29, 0.717) is 23.7 Å². The second kappa shape index (κ2) is 8.13. The molecule has 0 aliphatic carbocycles. The highest BCUT2D eigenvalue weighted by Crippen LogP contribution is 2.22. The Hall–Kier alpha value is -2.62. The summed E-state index contributed by atoms with van der Waals surface area (Å²) in [4.78, 5) is 23.7. The predicted octanol–water partition coefficient (Wildman–Crippen LogP) is 3.56. The first-order valence-corrected chi connectivity index (χ1v) is 7.53. The minimum atomic E-state index is -0.261. The van der Waals surface area contributed by atoms with Crippen LogP contribution in [0.5, 0.6) is 11.5 Å². The molecule has 0 N–H and O–H groups in total. The monoisotopic (exact) mass is 311 g/mol. The van der Waals surface area contributed by atoms with Crippen LogP contribution in [0.25, 0.3) is 0 Å². The second-order valence-corrected chi connectivity index (χ2v) is 5.07. The van der Waals surface area contributed by atoms with Crippen LogP contribution < -0.4 is 9.47 Å². The van der Waals surface area contributed by atoms with E-state index in [1.165, 1.54) is 13.2 Å². The van der Waals surface area contributed by atoms with Gasteiger partial charge in [0, 0.05) is 16.7 Å². The lowest BCUT2D eigenvalue weighted by atomic mass is 9.98. The van der Waals surface area contributed by atoms with Crippen LogP contribution in [0.1, 0.15) is 41.3 Å². The van der Waals surface area contributed by atoms with Gasteiger partial charge in [-0.3, -0.25) is 9.59 Å². The molecule has 0 unspecified atom stereocenters. The van der Waals surface area contributed by atoms with Gasteiger partial charge < -0.3 is 9.47 Å². The standard InChI is InChI=1S/C19H19O4/c1-3-4-10-23-17-7-5-6-14(11-17)19(21)18-12-16(22-2)9-8-15(18)13-20/h5-9,11-12H,3-4,10H2,1-2H3. The molecule has 0 fully saturated rings. The van der Waals surface area contributed by atoms with Crippen LogP contribution in [0.15, 0.2) is 42.5 Å². The van der Waals surface area contributed by atoms with E-state index in [9.17, 15) is 9.59 Å². The lowest BCUT2D eigenvalue weighted by Crippen LogP contribution is -2.06. The average Bonchev–Trinajstić information content (AvgIpc) is 2.61. The SMILES string of the molecule is CCCCOc1cccc(C(=O)c2cc(OC)ccc2[C]=O)c1. The number of methoxy groups -OCH3 is 1. The Morgan fingerprint density at radius 2 is 1.96 bits per heavy atom. The average molecular weight is 311 g/mol. The van der Waals surface area contributed by atoms with Crippen LogP contribution in [-0.2, 0) is 4.79 Å². The van der Waals surface area contributed by atoms with Gasteiger partial charge in [-0.15, -0.1) is 0 Å². The van der Waals surface area contributed by atoms with Crippen molar-refractivity contribution in [2.45, 2.75) is 19.8 Å². The van der Waals surface area contributed by atoms with Crippen LogP contribution in [0, 0.1) is 0 Å². The number of ether oxygens (including phenoxy) is 2. The van der Waals surface area contributed by atoms with E-state index < -0.39 is 0 Å². The molecule has 0 heterocycles. The number of unbranched alkanes of at least 4 members (excludes halogenated alkanes) is 1. The predicted molar refractivity (Wildman–Crippen MR) is 88.1 cm³/mol. The summed E-state index contributed by atoms with van der Waals surface area (Å²) in [5.41, 5.74) is 0.946. The number of carbonyl (C=O) groups excluding carboxylic acids is 2. The first kappa shape index (κ1) is 16.7. The van der Waals surface area contributed by atoms with Gasteiger partial charge in [0.15, 0.2) is 5.78 Å². The minimum Gasteiger partial charge on any atom is -0.497 e. The number of ketones is 1. The molecule has 0 saturated carbocycles. The van der Waals surface area contributed by atoms with E-state index in [2.05, 4.69) is 6.92 Å². The molecule has 119 valence electrons. The number of hydrogen-bond acceptors (Lipinski definition) is 4. The molecule has 2 aromatic rings. The number of rotatable bonds is 8. The molecule has 0 aliphatic rings. The first-order valence-electron chi connectivity index (χ1n) is 7.53. The molecule has 0 bridgehead atoms. The zero-order valence-corrected chi connectivity index (χ0v) is 13.3. The van der Waals surface area contributed by atoms with Crippen molar-refractivity contribution in [1.29, 1.82) is 0 Å². The van der Waals surface area contributed by atoms with Crippen LogP contribution in [0.2, 0.25) is 0 Å². The van der Waals surface area contributed by atoms with Crippen LogP contribution in [-0.4, -0.2) is 25.8 Å². The van der Waals surface area contributed by atoms with E-state index in [4.69, 9.17) is 9.47 Å². The summed E-state index contributed by atoms with van der Waals surface area (Å²) < 4.78 is 10.7. The first-order chi connectivity index (χ1) is 11.2. The van der Waals surface area contributed by atoms with E-state index in [1.807, 2.05) is 6.07 Å². The zero-order chi connectivity index (χ0) is 16.7. The number of carbonyl (C=O) groups is 1. The van der Waals surface area contributed by atoms with Crippen LogP contribution in [0.3, 0.4) is 0 Å². The van der Waals surface area contributed by atoms with Gasteiger partial charge in [-0.25, -0.2) is 0 Å². The van der Waals surface area contributed by atoms with Gasteiger partial charge in [0.05, 0.1) is 13.7 Å². The molecular formula is C19H19O4. The van der Waals surface area contributed by atoms with E-state index in [-0.39, 0.29) is 16.9 Å².